The number of nitrogens with zero attached hydrogens (tertiary/aromatic N) is 4. The summed E-state index contributed by atoms with van der Waals surface area (Å²) in [6, 6.07) is 10.0. The molecule has 42 heavy (non-hydrogen) atoms. The van der Waals surface area contributed by atoms with Crippen LogP contribution < -0.4 is 14.8 Å². The van der Waals surface area contributed by atoms with E-state index in [1.165, 1.54) is 23.5 Å². The number of pyridine rings is 1. The molecule has 3 aromatic rings. The number of hydrogen-bond donors (Lipinski definition) is 2. The lowest BCUT2D eigenvalue weighted by Gasteiger charge is -2.32. The van der Waals surface area contributed by atoms with Crippen LogP contribution in [-0.2, 0) is 19.6 Å². The third-order valence-electron chi connectivity index (χ3n) is 8.11. The molecule has 13 heteroatoms. The van der Waals surface area contributed by atoms with Crippen LogP contribution in [0.3, 0.4) is 0 Å². The molecule has 2 fully saturated rings. The van der Waals surface area contributed by atoms with Crippen molar-refractivity contribution < 1.29 is 22.7 Å². The number of hydrogen-bond acceptors (Lipinski definition) is 9. The van der Waals surface area contributed by atoms with Gasteiger partial charge in [-0.2, -0.15) is 0 Å². The van der Waals surface area contributed by atoms with Gasteiger partial charge in [0.05, 0.1) is 17.9 Å². The first-order valence-corrected chi connectivity index (χ1v) is 16.7. The van der Waals surface area contributed by atoms with Gasteiger partial charge in [-0.3, -0.25) is 9.59 Å². The first kappa shape index (κ1) is 30.3. The Morgan fingerprint density at radius 2 is 1.76 bits per heavy atom. The van der Waals surface area contributed by atoms with Gasteiger partial charge >= 0.3 is 0 Å². The van der Waals surface area contributed by atoms with Crippen LogP contribution in [0.2, 0.25) is 0 Å². The third-order valence-corrected chi connectivity index (χ3v) is 10.5. The van der Waals surface area contributed by atoms with Crippen molar-refractivity contribution in [3.63, 3.8) is 0 Å². The molecule has 2 amide bonds. The molecule has 2 N–H and O–H groups in total. The molecule has 2 aliphatic rings. The lowest BCUT2D eigenvalue weighted by atomic mass is 9.87. The van der Waals surface area contributed by atoms with E-state index in [1.54, 1.807) is 36.3 Å². The van der Waals surface area contributed by atoms with Crippen molar-refractivity contribution in [3.8, 4) is 5.88 Å². The Hall–Kier alpha value is -3.13. The lowest BCUT2D eigenvalue weighted by molar-refractivity contribution is -0.132. The summed E-state index contributed by atoms with van der Waals surface area (Å²) in [5.41, 5.74) is 1.43. The summed E-state index contributed by atoms with van der Waals surface area (Å²) in [7, 11) is -0.238. The highest BCUT2D eigenvalue weighted by molar-refractivity contribution is 7.89. The van der Waals surface area contributed by atoms with E-state index >= 15 is 0 Å². The standard InChI is InChI=1S/C29H38N6O5S2/c1-34-15-17-35(18-16-34)26(36)13-14-30-42(38,39)22-9-7-21(8-10-22)23(19-20-5-3-4-6-20)27(37)33-29-31-24-11-12-25(40-2)32-28(24)41-29/h7-12,20,23,30H,3-6,13-19H2,1-2H3,(H,31,33,37). The Labute approximate surface area is 250 Å². The summed E-state index contributed by atoms with van der Waals surface area (Å²) in [6.45, 7) is 2.98. The van der Waals surface area contributed by atoms with E-state index < -0.39 is 15.9 Å². The molecule has 5 rings (SSSR count). The van der Waals surface area contributed by atoms with Gasteiger partial charge < -0.3 is 19.9 Å². The Kier molecular flexibility index (Phi) is 9.71. The van der Waals surface area contributed by atoms with Crippen molar-refractivity contribution in [2.24, 2.45) is 5.92 Å². The van der Waals surface area contributed by atoms with Crippen molar-refractivity contribution in [1.82, 2.24) is 24.5 Å². The highest BCUT2D eigenvalue weighted by Crippen LogP contribution is 2.36. The number of carbonyl (C=O) groups is 2. The van der Waals surface area contributed by atoms with E-state index in [-0.39, 0.29) is 29.7 Å². The molecule has 0 radical (unpaired) electrons. The Bertz CT molecular complexity index is 1500. The van der Waals surface area contributed by atoms with E-state index in [0.29, 0.717) is 46.8 Å². The SMILES string of the molecule is COc1ccc2nc(NC(=O)C(CC3CCCC3)c3ccc(S(=O)(=O)NCCC(=O)N4CCN(C)CC4)cc3)sc2n1. The molecule has 226 valence electrons. The number of amides is 2. The average molecular weight is 615 g/mol. The van der Waals surface area contributed by atoms with Gasteiger partial charge in [0.1, 0.15) is 10.3 Å². The topological polar surface area (TPSA) is 134 Å². The van der Waals surface area contributed by atoms with Gasteiger partial charge in [0, 0.05) is 45.2 Å². The third kappa shape index (κ3) is 7.44. The number of anilines is 1. The van der Waals surface area contributed by atoms with Crippen LogP contribution >= 0.6 is 11.3 Å². The fraction of sp³-hybridized carbons (Fsp3) is 0.517. The van der Waals surface area contributed by atoms with Crippen molar-refractivity contribution >= 4 is 48.7 Å². The predicted octanol–water partition coefficient (Wildman–Crippen LogP) is 3.44. The van der Waals surface area contributed by atoms with E-state index in [4.69, 9.17) is 4.74 Å². The highest BCUT2D eigenvalue weighted by Gasteiger charge is 2.28. The molecule has 1 aliphatic carbocycles. The number of methoxy groups -OCH3 is 1. The van der Waals surface area contributed by atoms with Gasteiger partial charge in [-0.15, -0.1) is 0 Å². The van der Waals surface area contributed by atoms with Crippen LogP contribution in [0.15, 0.2) is 41.3 Å². The molecule has 0 bridgehead atoms. The number of benzene rings is 1. The highest BCUT2D eigenvalue weighted by atomic mass is 32.2. The number of fused-ring (bicyclic) bond motifs is 1. The Morgan fingerprint density at radius 1 is 1.05 bits per heavy atom. The van der Waals surface area contributed by atoms with Gasteiger partial charge in [-0.1, -0.05) is 49.2 Å². The summed E-state index contributed by atoms with van der Waals surface area (Å²) in [5, 5.41) is 3.43. The number of rotatable bonds is 11. The van der Waals surface area contributed by atoms with Crippen molar-refractivity contribution in [2.75, 3.05) is 52.2 Å². The van der Waals surface area contributed by atoms with E-state index in [2.05, 4.69) is 24.9 Å². The number of sulfonamides is 1. The quantitative estimate of drug-likeness (QED) is 0.336. The molecule has 1 aromatic carbocycles. The van der Waals surface area contributed by atoms with E-state index in [9.17, 15) is 18.0 Å². The largest absolute Gasteiger partial charge is 0.481 e. The molecule has 1 aliphatic heterocycles. The van der Waals surface area contributed by atoms with Crippen LogP contribution in [0.4, 0.5) is 5.13 Å². The molecule has 1 atom stereocenters. The fourth-order valence-corrected chi connectivity index (χ4v) is 7.47. The van der Waals surface area contributed by atoms with Gasteiger partial charge in [0.2, 0.25) is 27.7 Å². The summed E-state index contributed by atoms with van der Waals surface area (Å²) < 4.78 is 33.7. The number of ether oxygens (including phenoxy) is 1. The minimum absolute atomic E-state index is 0.0326. The lowest BCUT2D eigenvalue weighted by Crippen LogP contribution is -2.47. The minimum Gasteiger partial charge on any atom is -0.481 e. The number of likely N-dealkylation sites (N-methyl/N-ethyl adjacent to an activating group) is 1. The van der Waals surface area contributed by atoms with Gasteiger partial charge in [-0.05, 0) is 43.1 Å². The molecule has 3 heterocycles. The zero-order chi connectivity index (χ0) is 29.7. The first-order chi connectivity index (χ1) is 20.2. The number of thiazole rings is 1. The maximum atomic E-state index is 13.6. The summed E-state index contributed by atoms with van der Waals surface area (Å²) in [5.74, 6) is 0.238. The molecule has 11 nitrogen and oxygen atoms in total. The predicted molar refractivity (Wildman–Crippen MR) is 162 cm³/mol. The first-order valence-electron chi connectivity index (χ1n) is 14.4. The molecular weight excluding hydrogens is 576 g/mol. The van der Waals surface area contributed by atoms with E-state index in [1.807, 2.05) is 7.05 Å². The summed E-state index contributed by atoms with van der Waals surface area (Å²) in [4.78, 5) is 39.7. The zero-order valence-corrected chi connectivity index (χ0v) is 25.7. The van der Waals surface area contributed by atoms with Crippen molar-refractivity contribution in [2.45, 2.75) is 49.3 Å². The van der Waals surface area contributed by atoms with Gasteiger partial charge in [0.25, 0.3) is 0 Å². The van der Waals surface area contributed by atoms with Gasteiger partial charge in [-0.25, -0.2) is 23.1 Å². The molecule has 1 saturated heterocycles. The smallest absolute Gasteiger partial charge is 0.240 e. The van der Waals surface area contributed by atoms with Crippen molar-refractivity contribution in [1.29, 1.82) is 0 Å². The maximum absolute atomic E-state index is 13.6. The number of nitrogens with one attached hydrogen (secondary N) is 2. The average Bonchev–Trinajstić information content (AvgIpc) is 3.65. The second-order valence-electron chi connectivity index (χ2n) is 11.0. The van der Waals surface area contributed by atoms with Gasteiger partial charge in [0.15, 0.2) is 5.13 Å². The van der Waals surface area contributed by atoms with Crippen molar-refractivity contribution in [3.05, 3.63) is 42.0 Å². The number of aromatic nitrogens is 2. The fourth-order valence-electron chi connectivity index (χ4n) is 5.60. The maximum Gasteiger partial charge on any atom is 0.240 e. The number of piperazine rings is 1. The second-order valence-corrected chi connectivity index (χ2v) is 13.8. The summed E-state index contributed by atoms with van der Waals surface area (Å²) in [6.07, 6.45) is 5.27. The van der Waals surface area contributed by atoms with Crippen LogP contribution in [0.25, 0.3) is 10.3 Å². The van der Waals surface area contributed by atoms with E-state index in [0.717, 1.165) is 44.3 Å². The second kappa shape index (κ2) is 13.4. The number of carbonyl (C=O) groups excluding carboxylic acids is 2. The molecule has 1 unspecified atom stereocenters. The zero-order valence-electron chi connectivity index (χ0n) is 24.0. The molecule has 1 saturated carbocycles. The minimum atomic E-state index is -3.80. The summed E-state index contributed by atoms with van der Waals surface area (Å²) >= 11 is 1.28. The van der Waals surface area contributed by atoms with Crippen LogP contribution in [0, 0.1) is 5.92 Å². The van der Waals surface area contributed by atoms with Crippen LogP contribution in [-0.4, -0.2) is 86.9 Å². The van der Waals surface area contributed by atoms with Crippen LogP contribution in [0.5, 0.6) is 5.88 Å². The molecule has 0 spiro atoms. The monoisotopic (exact) mass is 614 g/mol. The Balaban J connectivity index is 1.24. The molecule has 2 aromatic heterocycles. The van der Waals surface area contributed by atoms with Crippen LogP contribution in [0.1, 0.15) is 50.0 Å². The molecular formula is C29H38N6O5S2. The normalized spacial score (nSPS) is 17.4. The Morgan fingerprint density at radius 3 is 2.45 bits per heavy atom.